The van der Waals surface area contributed by atoms with Crippen LogP contribution in [0, 0.1) is 0 Å². The number of morpholine rings is 1. The number of nitrogens with zero attached hydrogens (tertiary/aromatic N) is 1. The van der Waals surface area contributed by atoms with Gasteiger partial charge in [0.1, 0.15) is 0 Å². The van der Waals surface area contributed by atoms with E-state index in [1.165, 1.54) is 0 Å². The van der Waals surface area contributed by atoms with Crippen molar-refractivity contribution in [3.8, 4) is 0 Å². The zero-order chi connectivity index (χ0) is 16.2. The van der Waals surface area contributed by atoms with Crippen molar-refractivity contribution >= 4 is 40.5 Å². The summed E-state index contributed by atoms with van der Waals surface area (Å²) in [6.07, 6.45) is 0. The van der Waals surface area contributed by atoms with E-state index in [1.807, 2.05) is 24.3 Å². The molecule has 0 radical (unpaired) electrons. The summed E-state index contributed by atoms with van der Waals surface area (Å²) in [6.45, 7) is 2.96. The van der Waals surface area contributed by atoms with Gasteiger partial charge in [0.05, 0.1) is 35.2 Å². The fourth-order valence-electron chi connectivity index (χ4n) is 2.52. The number of benzene rings is 2. The molecule has 2 aromatic rings. The summed E-state index contributed by atoms with van der Waals surface area (Å²) in [7, 11) is 0. The first-order chi connectivity index (χ1) is 11.1. The van der Waals surface area contributed by atoms with Crippen LogP contribution in [0.25, 0.3) is 0 Å². The Morgan fingerprint density at radius 2 is 1.83 bits per heavy atom. The zero-order valence-corrected chi connectivity index (χ0v) is 13.9. The first-order valence-electron chi connectivity index (χ1n) is 7.33. The predicted octanol–water partition coefficient (Wildman–Crippen LogP) is 4.08. The second kappa shape index (κ2) is 7.21. The fraction of sp³-hybridized carbons (Fsp3) is 0.235. The number of halogens is 2. The minimum Gasteiger partial charge on any atom is -0.378 e. The van der Waals surface area contributed by atoms with Crippen molar-refractivity contribution in [2.45, 2.75) is 0 Å². The third-order valence-electron chi connectivity index (χ3n) is 3.68. The van der Waals surface area contributed by atoms with E-state index in [-0.39, 0.29) is 5.91 Å². The maximum Gasteiger partial charge on any atom is 0.257 e. The quantitative estimate of drug-likeness (QED) is 0.906. The third kappa shape index (κ3) is 3.78. The van der Waals surface area contributed by atoms with Crippen molar-refractivity contribution in [2.75, 3.05) is 36.5 Å². The lowest BCUT2D eigenvalue weighted by molar-refractivity contribution is 0.102. The molecule has 0 spiro atoms. The molecule has 23 heavy (non-hydrogen) atoms. The second-order valence-electron chi connectivity index (χ2n) is 5.19. The zero-order valence-electron chi connectivity index (χ0n) is 12.4. The van der Waals surface area contributed by atoms with Crippen LogP contribution in [0.15, 0.2) is 42.5 Å². The Balaban J connectivity index is 1.85. The molecule has 0 atom stereocenters. The number of para-hydroxylation sites is 2. The van der Waals surface area contributed by atoms with Gasteiger partial charge in [0.25, 0.3) is 5.91 Å². The Morgan fingerprint density at radius 1 is 1.09 bits per heavy atom. The Labute approximate surface area is 144 Å². The summed E-state index contributed by atoms with van der Waals surface area (Å²) in [4.78, 5) is 14.7. The monoisotopic (exact) mass is 350 g/mol. The standard InChI is InChI=1S/C17H16Cl2N2O2/c18-12-5-6-14(19)13(11-12)17(22)20-15-3-1-2-4-16(15)21-7-9-23-10-8-21/h1-6,11H,7-10H2,(H,20,22). The highest BCUT2D eigenvalue weighted by molar-refractivity contribution is 6.36. The molecule has 1 heterocycles. The molecule has 1 saturated heterocycles. The highest BCUT2D eigenvalue weighted by Gasteiger charge is 2.17. The van der Waals surface area contributed by atoms with Crippen LogP contribution in [0.5, 0.6) is 0 Å². The van der Waals surface area contributed by atoms with Crippen molar-refractivity contribution in [3.05, 3.63) is 58.1 Å². The van der Waals surface area contributed by atoms with E-state index in [1.54, 1.807) is 18.2 Å². The minimum atomic E-state index is -0.279. The number of hydrogen-bond donors (Lipinski definition) is 1. The fourth-order valence-corrected chi connectivity index (χ4v) is 2.90. The van der Waals surface area contributed by atoms with Crippen LogP contribution in [-0.4, -0.2) is 32.2 Å². The minimum absolute atomic E-state index is 0.279. The number of anilines is 2. The lowest BCUT2D eigenvalue weighted by atomic mass is 10.2. The van der Waals surface area contributed by atoms with Crippen LogP contribution in [0.4, 0.5) is 11.4 Å². The Morgan fingerprint density at radius 3 is 2.61 bits per heavy atom. The largest absolute Gasteiger partial charge is 0.378 e. The summed E-state index contributed by atoms with van der Waals surface area (Å²) >= 11 is 12.1. The number of rotatable bonds is 3. The van der Waals surface area contributed by atoms with Gasteiger partial charge in [-0.1, -0.05) is 35.3 Å². The SMILES string of the molecule is O=C(Nc1ccccc1N1CCOCC1)c1cc(Cl)ccc1Cl. The van der Waals surface area contributed by atoms with Crippen molar-refractivity contribution in [1.29, 1.82) is 0 Å². The van der Waals surface area contributed by atoms with Gasteiger partial charge in [0.2, 0.25) is 0 Å². The Kier molecular flexibility index (Phi) is 5.06. The molecule has 0 aromatic heterocycles. The maximum absolute atomic E-state index is 12.5. The molecule has 1 aliphatic heterocycles. The van der Waals surface area contributed by atoms with Crippen LogP contribution in [0.2, 0.25) is 10.0 Å². The lowest BCUT2D eigenvalue weighted by Crippen LogP contribution is -2.36. The second-order valence-corrected chi connectivity index (χ2v) is 6.04. The van der Waals surface area contributed by atoms with Crippen LogP contribution in [-0.2, 0) is 4.74 Å². The lowest BCUT2D eigenvalue weighted by Gasteiger charge is -2.30. The van der Waals surface area contributed by atoms with Crippen LogP contribution >= 0.6 is 23.2 Å². The van der Waals surface area contributed by atoms with Crippen LogP contribution in [0.3, 0.4) is 0 Å². The molecule has 2 aromatic carbocycles. The molecule has 6 heteroatoms. The molecule has 0 aliphatic carbocycles. The molecule has 1 N–H and O–H groups in total. The molecule has 0 unspecified atom stereocenters. The molecule has 1 aliphatic rings. The molecule has 1 fully saturated rings. The van der Waals surface area contributed by atoms with Gasteiger partial charge < -0.3 is 15.0 Å². The van der Waals surface area contributed by atoms with E-state index < -0.39 is 0 Å². The van der Waals surface area contributed by atoms with Crippen molar-refractivity contribution in [1.82, 2.24) is 0 Å². The van der Waals surface area contributed by atoms with Gasteiger partial charge in [-0.05, 0) is 30.3 Å². The number of ether oxygens (including phenoxy) is 1. The summed E-state index contributed by atoms with van der Waals surface area (Å²) in [5, 5.41) is 3.77. The van der Waals surface area contributed by atoms with Crippen molar-refractivity contribution in [2.24, 2.45) is 0 Å². The predicted molar refractivity (Wildman–Crippen MR) is 93.9 cm³/mol. The van der Waals surface area contributed by atoms with E-state index in [4.69, 9.17) is 27.9 Å². The van der Waals surface area contributed by atoms with Gasteiger partial charge >= 0.3 is 0 Å². The number of nitrogens with one attached hydrogen (secondary N) is 1. The number of carbonyl (C=O) groups excluding carboxylic acids is 1. The highest BCUT2D eigenvalue weighted by atomic mass is 35.5. The average molecular weight is 351 g/mol. The van der Waals surface area contributed by atoms with Gasteiger partial charge in [0, 0.05) is 18.1 Å². The molecule has 3 rings (SSSR count). The van der Waals surface area contributed by atoms with Crippen molar-refractivity contribution in [3.63, 3.8) is 0 Å². The van der Waals surface area contributed by atoms with E-state index in [0.29, 0.717) is 28.8 Å². The summed E-state index contributed by atoms with van der Waals surface area (Å²) in [6, 6.07) is 12.5. The summed E-state index contributed by atoms with van der Waals surface area (Å²) < 4.78 is 5.38. The van der Waals surface area contributed by atoms with Gasteiger partial charge in [-0.2, -0.15) is 0 Å². The summed E-state index contributed by atoms with van der Waals surface area (Å²) in [5.74, 6) is -0.279. The van der Waals surface area contributed by atoms with Gasteiger partial charge in [-0.25, -0.2) is 0 Å². The van der Waals surface area contributed by atoms with E-state index >= 15 is 0 Å². The summed E-state index contributed by atoms with van der Waals surface area (Å²) in [5.41, 5.74) is 2.08. The smallest absolute Gasteiger partial charge is 0.257 e. The van der Waals surface area contributed by atoms with Crippen LogP contribution < -0.4 is 10.2 Å². The molecule has 4 nitrogen and oxygen atoms in total. The maximum atomic E-state index is 12.5. The number of hydrogen-bond acceptors (Lipinski definition) is 3. The third-order valence-corrected chi connectivity index (χ3v) is 4.24. The van der Waals surface area contributed by atoms with E-state index in [0.717, 1.165) is 24.5 Å². The van der Waals surface area contributed by atoms with E-state index in [2.05, 4.69) is 10.2 Å². The first-order valence-corrected chi connectivity index (χ1v) is 8.09. The normalized spacial score (nSPS) is 14.6. The average Bonchev–Trinajstić information content (AvgIpc) is 2.58. The molecular formula is C17H16Cl2N2O2. The molecule has 120 valence electrons. The molecule has 0 bridgehead atoms. The molecular weight excluding hydrogens is 335 g/mol. The number of amides is 1. The highest BCUT2D eigenvalue weighted by Crippen LogP contribution is 2.28. The Bertz CT molecular complexity index is 715. The topological polar surface area (TPSA) is 41.6 Å². The van der Waals surface area contributed by atoms with Gasteiger partial charge in [-0.3, -0.25) is 4.79 Å². The number of carbonyl (C=O) groups is 1. The Hall–Kier alpha value is -1.75. The van der Waals surface area contributed by atoms with Crippen molar-refractivity contribution < 1.29 is 9.53 Å². The molecule has 0 saturated carbocycles. The van der Waals surface area contributed by atoms with E-state index in [9.17, 15) is 4.79 Å². The first kappa shape index (κ1) is 16.1. The van der Waals surface area contributed by atoms with Crippen LogP contribution in [0.1, 0.15) is 10.4 Å². The van der Waals surface area contributed by atoms with Gasteiger partial charge in [0.15, 0.2) is 0 Å². The molecule has 1 amide bonds. The van der Waals surface area contributed by atoms with Gasteiger partial charge in [-0.15, -0.1) is 0 Å².